The predicted octanol–water partition coefficient (Wildman–Crippen LogP) is 4.61. The third-order valence-electron chi connectivity index (χ3n) is 5.26. The number of halogens is 9. The predicted molar refractivity (Wildman–Crippen MR) is 108 cm³/mol. The molecule has 4 heterocycles. The second-order valence-electron chi connectivity index (χ2n) is 7.94. The molecule has 1 fully saturated rings. The Hall–Kier alpha value is -3.76. The SMILES string of the molecule is O[C@@]1(C(F)(F)F)CCN(c2nc(Nc3ccnc(C(F)(F)F)c3)nc(-c3cccc(C(F)(F)F)n3)n2)C1. The zero-order valence-electron chi connectivity index (χ0n) is 18.1. The number of rotatable bonds is 4. The maximum absolute atomic E-state index is 13.3. The molecule has 0 unspecified atom stereocenters. The summed E-state index contributed by atoms with van der Waals surface area (Å²) in [5, 5.41) is 12.4. The molecule has 2 N–H and O–H groups in total. The first-order valence-corrected chi connectivity index (χ1v) is 10.2. The lowest BCUT2D eigenvalue weighted by Gasteiger charge is -2.26. The van der Waals surface area contributed by atoms with Crippen LogP contribution in [0.3, 0.4) is 0 Å². The molecule has 1 aliphatic heterocycles. The van der Waals surface area contributed by atoms with Crippen molar-refractivity contribution in [2.24, 2.45) is 0 Å². The summed E-state index contributed by atoms with van der Waals surface area (Å²) in [5.41, 5.74) is -6.35. The number of hydrogen-bond donors (Lipinski definition) is 2. The van der Waals surface area contributed by atoms with Crippen molar-refractivity contribution in [3.63, 3.8) is 0 Å². The Labute approximate surface area is 201 Å². The van der Waals surface area contributed by atoms with Gasteiger partial charge in [-0.3, -0.25) is 4.98 Å². The third kappa shape index (κ3) is 5.65. The first-order chi connectivity index (χ1) is 17.0. The molecule has 1 atom stereocenters. The number of aromatic nitrogens is 5. The van der Waals surface area contributed by atoms with Crippen LogP contribution >= 0.6 is 0 Å². The van der Waals surface area contributed by atoms with Gasteiger partial charge < -0.3 is 15.3 Å². The summed E-state index contributed by atoms with van der Waals surface area (Å²) in [6.45, 7) is -1.38. The molecule has 0 amide bonds. The van der Waals surface area contributed by atoms with Crippen LogP contribution in [-0.4, -0.2) is 54.9 Å². The molecule has 17 heteroatoms. The van der Waals surface area contributed by atoms with Crippen molar-refractivity contribution in [1.82, 2.24) is 24.9 Å². The van der Waals surface area contributed by atoms with E-state index in [1.54, 1.807) is 0 Å². The Morgan fingerprint density at radius 1 is 0.865 bits per heavy atom. The summed E-state index contributed by atoms with van der Waals surface area (Å²) in [6.07, 6.45) is -14.6. The van der Waals surface area contributed by atoms with Crippen molar-refractivity contribution in [1.29, 1.82) is 0 Å². The van der Waals surface area contributed by atoms with Crippen molar-refractivity contribution in [3.05, 3.63) is 47.9 Å². The van der Waals surface area contributed by atoms with E-state index in [4.69, 9.17) is 0 Å². The van der Waals surface area contributed by atoms with E-state index in [-0.39, 0.29) is 12.2 Å². The van der Waals surface area contributed by atoms with Crippen LogP contribution < -0.4 is 10.2 Å². The van der Waals surface area contributed by atoms with Gasteiger partial charge in [-0.25, -0.2) is 4.98 Å². The van der Waals surface area contributed by atoms with Crippen molar-refractivity contribution < 1.29 is 44.6 Å². The van der Waals surface area contributed by atoms with E-state index in [0.717, 1.165) is 29.3 Å². The lowest BCUT2D eigenvalue weighted by atomic mass is 10.0. The number of aliphatic hydroxyl groups is 1. The minimum atomic E-state index is -4.99. The molecule has 0 aromatic carbocycles. The molecule has 0 aliphatic carbocycles. The van der Waals surface area contributed by atoms with Gasteiger partial charge in [0.15, 0.2) is 11.4 Å². The molecule has 0 spiro atoms. The molecule has 198 valence electrons. The van der Waals surface area contributed by atoms with Gasteiger partial charge in [-0.15, -0.1) is 0 Å². The zero-order chi connectivity index (χ0) is 27.2. The first kappa shape index (κ1) is 26.3. The Kier molecular flexibility index (Phi) is 6.37. The molecule has 3 aromatic rings. The highest BCUT2D eigenvalue weighted by Gasteiger charge is 2.57. The van der Waals surface area contributed by atoms with Gasteiger partial charge in [-0.2, -0.15) is 54.5 Å². The maximum Gasteiger partial charge on any atom is 0.433 e. The highest BCUT2D eigenvalue weighted by molar-refractivity contribution is 5.59. The number of hydrogen-bond acceptors (Lipinski definition) is 8. The van der Waals surface area contributed by atoms with Crippen LogP contribution in [0.2, 0.25) is 0 Å². The minimum absolute atomic E-state index is 0.226. The van der Waals surface area contributed by atoms with Crippen molar-refractivity contribution in [2.45, 2.75) is 30.6 Å². The normalized spacial score (nSPS) is 18.8. The lowest BCUT2D eigenvalue weighted by Crippen LogP contribution is -2.47. The van der Waals surface area contributed by atoms with Crippen LogP contribution in [-0.2, 0) is 12.4 Å². The quantitative estimate of drug-likeness (QED) is 0.464. The molecule has 0 saturated carbocycles. The number of pyridine rings is 2. The highest BCUT2D eigenvalue weighted by atomic mass is 19.4. The monoisotopic (exact) mass is 539 g/mol. The molecule has 4 rings (SSSR count). The van der Waals surface area contributed by atoms with Crippen LogP contribution in [0.1, 0.15) is 17.8 Å². The summed E-state index contributed by atoms with van der Waals surface area (Å²) in [4.78, 5) is 19.3. The Bertz CT molecular complexity index is 1300. The van der Waals surface area contributed by atoms with E-state index in [9.17, 15) is 44.6 Å². The van der Waals surface area contributed by atoms with E-state index in [2.05, 4.69) is 30.2 Å². The standard InChI is InChI=1S/C20H14F9N7O/c21-18(22,23)12-3-1-2-11(32-12)14-33-15(31-10-4-6-30-13(8-10)19(24,25)26)35-16(34-14)36-7-5-17(37,9-36)20(27,28)29/h1-4,6,8,37H,5,7,9H2,(H,30,31,33,34,35)/t17-/m0/s1. The topological polar surface area (TPSA) is 100.0 Å². The molecule has 1 aliphatic rings. The second kappa shape index (κ2) is 8.97. The third-order valence-corrected chi connectivity index (χ3v) is 5.26. The number of nitrogens with zero attached hydrogens (tertiary/aromatic N) is 6. The van der Waals surface area contributed by atoms with Crippen LogP contribution in [0.5, 0.6) is 0 Å². The molecule has 0 radical (unpaired) electrons. The summed E-state index contributed by atoms with van der Waals surface area (Å²) >= 11 is 0. The van der Waals surface area contributed by atoms with Crippen molar-refractivity contribution in [2.75, 3.05) is 23.3 Å². The second-order valence-corrected chi connectivity index (χ2v) is 7.94. The van der Waals surface area contributed by atoms with Gasteiger partial charge in [-0.05, 0) is 24.3 Å². The Morgan fingerprint density at radius 2 is 1.57 bits per heavy atom. The molecular formula is C20H14F9N7O. The number of alkyl halides is 9. The molecule has 37 heavy (non-hydrogen) atoms. The fourth-order valence-corrected chi connectivity index (χ4v) is 3.38. The Morgan fingerprint density at radius 3 is 2.19 bits per heavy atom. The lowest BCUT2D eigenvalue weighted by molar-refractivity contribution is -0.250. The fraction of sp³-hybridized carbons (Fsp3) is 0.350. The Balaban J connectivity index is 1.77. The number of anilines is 3. The van der Waals surface area contributed by atoms with E-state index < -0.39 is 71.9 Å². The minimum Gasteiger partial charge on any atom is -0.379 e. The molecular weight excluding hydrogens is 525 g/mol. The van der Waals surface area contributed by atoms with Crippen molar-refractivity contribution in [3.8, 4) is 11.5 Å². The molecule has 3 aromatic heterocycles. The van der Waals surface area contributed by atoms with Gasteiger partial charge in [0.25, 0.3) is 0 Å². The number of β-amino-alcohol motifs (C(OH)–C–C–N with tert-alkyl or cyclic N) is 1. The van der Waals surface area contributed by atoms with Gasteiger partial charge in [-0.1, -0.05) is 6.07 Å². The molecule has 1 saturated heterocycles. The summed E-state index contributed by atoms with van der Waals surface area (Å²) < 4.78 is 118. The first-order valence-electron chi connectivity index (χ1n) is 10.2. The van der Waals surface area contributed by atoms with E-state index >= 15 is 0 Å². The average Bonchev–Trinajstić information content (AvgIpc) is 3.22. The van der Waals surface area contributed by atoms with Gasteiger partial charge in [0.1, 0.15) is 17.1 Å². The average molecular weight is 539 g/mol. The fourth-order valence-electron chi connectivity index (χ4n) is 3.38. The van der Waals surface area contributed by atoms with E-state index in [0.29, 0.717) is 12.1 Å². The largest absolute Gasteiger partial charge is 0.433 e. The van der Waals surface area contributed by atoms with Gasteiger partial charge >= 0.3 is 18.5 Å². The summed E-state index contributed by atoms with van der Waals surface area (Å²) in [5.74, 6) is -1.48. The van der Waals surface area contributed by atoms with Crippen LogP contribution in [0, 0.1) is 0 Å². The van der Waals surface area contributed by atoms with Crippen LogP contribution in [0.25, 0.3) is 11.5 Å². The van der Waals surface area contributed by atoms with Gasteiger partial charge in [0, 0.05) is 24.8 Å². The van der Waals surface area contributed by atoms with E-state index in [1.807, 2.05) is 0 Å². The van der Waals surface area contributed by atoms with E-state index in [1.165, 1.54) is 0 Å². The molecule has 8 nitrogen and oxygen atoms in total. The van der Waals surface area contributed by atoms with Crippen LogP contribution in [0.15, 0.2) is 36.5 Å². The summed E-state index contributed by atoms with van der Waals surface area (Å²) in [7, 11) is 0. The maximum atomic E-state index is 13.3. The van der Waals surface area contributed by atoms with Gasteiger partial charge in [0.2, 0.25) is 11.9 Å². The smallest absolute Gasteiger partial charge is 0.379 e. The summed E-state index contributed by atoms with van der Waals surface area (Å²) in [6, 6.07) is 4.48. The number of nitrogens with one attached hydrogen (secondary N) is 1. The van der Waals surface area contributed by atoms with Gasteiger partial charge in [0.05, 0.1) is 6.54 Å². The zero-order valence-corrected chi connectivity index (χ0v) is 18.1. The van der Waals surface area contributed by atoms with Crippen molar-refractivity contribution >= 4 is 17.6 Å². The van der Waals surface area contributed by atoms with Crippen LogP contribution in [0.4, 0.5) is 57.1 Å². The highest BCUT2D eigenvalue weighted by Crippen LogP contribution is 2.39. The molecule has 0 bridgehead atoms.